The summed E-state index contributed by atoms with van der Waals surface area (Å²) in [6.07, 6.45) is 2.14. The van der Waals surface area contributed by atoms with Crippen molar-refractivity contribution in [2.45, 2.75) is 25.7 Å². The van der Waals surface area contributed by atoms with Gasteiger partial charge in [-0.25, -0.2) is 4.39 Å². The maximum atomic E-state index is 12.8. The maximum Gasteiger partial charge on any atom is 0.303 e. The van der Waals surface area contributed by atoms with Crippen LogP contribution >= 0.6 is 11.6 Å². The molecule has 0 aromatic heterocycles. The van der Waals surface area contributed by atoms with E-state index in [1.165, 1.54) is 12.1 Å². The molecule has 104 valence electrons. The molecule has 0 saturated heterocycles. The second kappa shape index (κ2) is 7.74. The third-order valence-electron chi connectivity index (χ3n) is 2.53. The first kappa shape index (κ1) is 15.4. The minimum atomic E-state index is -0.817. The third kappa shape index (κ3) is 5.70. The van der Waals surface area contributed by atoms with Crippen LogP contribution in [0.3, 0.4) is 0 Å². The molecule has 19 heavy (non-hydrogen) atoms. The zero-order valence-electron chi connectivity index (χ0n) is 10.3. The topological polar surface area (TPSA) is 66.4 Å². The van der Waals surface area contributed by atoms with Gasteiger partial charge in [-0.15, -0.1) is 0 Å². The zero-order valence-corrected chi connectivity index (χ0v) is 11.0. The molecular formula is C13H15ClFNO3. The molecule has 0 atom stereocenters. The number of hydrogen-bond donors (Lipinski definition) is 2. The van der Waals surface area contributed by atoms with E-state index in [4.69, 9.17) is 16.7 Å². The number of nitrogens with one attached hydrogen (secondary N) is 1. The number of unbranched alkanes of at least 4 members (excludes halogenated alkanes) is 2. The Hall–Kier alpha value is -1.62. The number of halogens is 2. The number of carboxylic acids is 1. The van der Waals surface area contributed by atoms with Gasteiger partial charge in [0, 0.05) is 13.0 Å². The highest BCUT2D eigenvalue weighted by atomic mass is 35.5. The Balaban J connectivity index is 2.29. The number of amides is 1. The van der Waals surface area contributed by atoms with E-state index in [1.807, 2.05) is 0 Å². The fourth-order valence-electron chi connectivity index (χ4n) is 1.55. The smallest absolute Gasteiger partial charge is 0.303 e. The van der Waals surface area contributed by atoms with Crippen molar-refractivity contribution in [2.24, 2.45) is 0 Å². The summed E-state index contributed by atoms with van der Waals surface area (Å²) in [6.45, 7) is 0.437. The van der Waals surface area contributed by atoms with Gasteiger partial charge in [0.1, 0.15) is 5.82 Å². The van der Waals surface area contributed by atoms with E-state index >= 15 is 0 Å². The summed E-state index contributed by atoms with van der Waals surface area (Å²) in [6, 6.07) is 3.59. The Bertz CT molecular complexity index is 465. The predicted octanol–water partition coefficient (Wildman–Crippen LogP) is 2.85. The fraction of sp³-hybridized carbons (Fsp3) is 0.385. The van der Waals surface area contributed by atoms with Crippen molar-refractivity contribution < 1.29 is 19.1 Å². The van der Waals surface area contributed by atoms with Crippen LogP contribution in [0.25, 0.3) is 0 Å². The average Bonchev–Trinajstić information content (AvgIpc) is 2.32. The number of hydrogen-bond acceptors (Lipinski definition) is 2. The van der Waals surface area contributed by atoms with Gasteiger partial charge in [-0.2, -0.15) is 0 Å². The van der Waals surface area contributed by atoms with Crippen molar-refractivity contribution in [1.82, 2.24) is 5.32 Å². The quantitative estimate of drug-likeness (QED) is 0.758. The molecule has 6 heteroatoms. The van der Waals surface area contributed by atoms with Crippen LogP contribution in [0.1, 0.15) is 36.0 Å². The van der Waals surface area contributed by atoms with E-state index in [0.717, 1.165) is 12.5 Å². The number of carboxylic acid groups (broad SMARTS) is 1. The van der Waals surface area contributed by atoms with Crippen molar-refractivity contribution in [3.63, 3.8) is 0 Å². The normalized spacial score (nSPS) is 10.2. The lowest BCUT2D eigenvalue weighted by atomic mass is 10.2. The van der Waals surface area contributed by atoms with Gasteiger partial charge >= 0.3 is 5.97 Å². The SMILES string of the molecule is O=C(O)CCCCCNC(=O)c1ccc(F)cc1Cl. The second-order valence-corrected chi connectivity index (χ2v) is 4.49. The van der Waals surface area contributed by atoms with Crippen molar-refractivity contribution >= 4 is 23.5 Å². The summed E-state index contributed by atoms with van der Waals surface area (Å²) >= 11 is 5.76. The van der Waals surface area contributed by atoms with Crippen LogP contribution in [0.15, 0.2) is 18.2 Å². The number of rotatable bonds is 7. The van der Waals surface area contributed by atoms with Crippen LogP contribution in [0.2, 0.25) is 5.02 Å². The van der Waals surface area contributed by atoms with Crippen LogP contribution in [0.4, 0.5) is 4.39 Å². The second-order valence-electron chi connectivity index (χ2n) is 4.08. The molecular weight excluding hydrogens is 273 g/mol. The summed E-state index contributed by atoms with van der Waals surface area (Å²) in [5.74, 6) is -1.67. The van der Waals surface area contributed by atoms with Gasteiger partial charge in [-0.05, 0) is 31.0 Å². The molecule has 0 spiro atoms. The van der Waals surface area contributed by atoms with Gasteiger partial charge in [-0.1, -0.05) is 18.0 Å². The van der Waals surface area contributed by atoms with Crippen molar-refractivity contribution in [2.75, 3.05) is 6.54 Å². The predicted molar refractivity (Wildman–Crippen MR) is 69.8 cm³/mol. The Morgan fingerprint density at radius 1 is 1.26 bits per heavy atom. The van der Waals surface area contributed by atoms with Crippen molar-refractivity contribution in [3.8, 4) is 0 Å². The maximum absolute atomic E-state index is 12.8. The minimum Gasteiger partial charge on any atom is -0.481 e. The third-order valence-corrected chi connectivity index (χ3v) is 2.84. The van der Waals surface area contributed by atoms with Crippen molar-refractivity contribution in [1.29, 1.82) is 0 Å². The zero-order chi connectivity index (χ0) is 14.3. The highest BCUT2D eigenvalue weighted by Crippen LogP contribution is 2.16. The lowest BCUT2D eigenvalue weighted by Crippen LogP contribution is -2.24. The first-order valence-corrected chi connectivity index (χ1v) is 6.33. The van der Waals surface area contributed by atoms with Crippen LogP contribution in [0, 0.1) is 5.82 Å². The molecule has 0 aliphatic rings. The summed E-state index contributed by atoms with van der Waals surface area (Å²) in [4.78, 5) is 22.0. The molecule has 0 radical (unpaired) electrons. The van der Waals surface area contributed by atoms with E-state index in [9.17, 15) is 14.0 Å². The molecule has 0 bridgehead atoms. The number of carbonyl (C=O) groups is 2. The molecule has 1 rings (SSSR count). The van der Waals surface area contributed by atoms with Gasteiger partial charge in [0.05, 0.1) is 10.6 Å². The molecule has 1 aromatic rings. The summed E-state index contributed by atoms with van der Waals surface area (Å²) in [5.41, 5.74) is 0.230. The van der Waals surface area contributed by atoms with Gasteiger partial charge in [-0.3, -0.25) is 9.59 Å². The first-order chi connectivity index (χ1) is 9.00. The van der Waals surface area contributed by atoms with Crippen LogP contribution in [-0.4, -0.2) is 23.5 Å². The lowest BCUT2D eigenvalue weighted by Gasteiger charge is -2.06. The Morgan fingerprint density at radius 2 is 2.00 bits per heavy atom. The molecule has 0 fully saturated rings. The standard InChI is InChI=1S/C13H15ClFNO3/c14-11-8-9(15)5-6-10(11)13(19)16-7-3-1-2-4-12(17)18/h5-6,8H,1-4,7H2,(H,16,19)(H,17,18). The molecule has 0 saturated carbocycles. The number of carbonyl (C=O) groups excluding carboxylic acids is 1. The fourth-order valence-corrected chi connectivity index (χ4v) is 1.80. The number of aliphatic carboxylic acids is 1. The molecule has 1 aromatic carbocycles. The Morgan fingerprint density at radius 3 is 2.63 bits per heavy atom. The van der Waals surface area contributed by atoms with Gasteiger partial charge in [0.2, 0.25) is 0 Å². The van der Waals surface area contributed by atoms with E-state index in [1.54, 1.807) is 0 Å². The molecule has 0 aliphatic heterocycles. The number of benzene rings is 1. The molecule has 1 amide bonds. The van der Waals surface area contributed by atoms with E-state index in [2.05, 4.69) is 5.32 Å². The molecule has 0 aliphatic carbocycles. The van der Waals surface area contributed by atoms with Crippen molar-refractivity contribution in [3.05, 3.63) is 34.6 Å². The van der Waals surface area contributed by atoms with Gasteiger partial charge < -0.3 is 10.4 Å². The van der Waals surface area contributed by atoms with E-state index in [0.29, 0.717) is 19.4 Å². The monoisotopic (exact) mass is 287 g/mol. The van der Waals surface area contributed by atoms with Gasteiger partial charge in [0.25, 0.3) is 5.91 Å². The lowest BCUT2D eigenvalue weighted by molar-refractivity contribution is -0.137. The largest absolute Gasteiger partial charge is 0.481 e. The Kier molecular flexibility index (Phi) is 6.29. The molecule has 2 N–H and O–H groups in total. The summed E-state index contributed by atoms with van der Waals surface area (Å²) in [5, 5.41) is 11.2. The highest BCUT2D eigenvalue weighted by Gasteiger charge is 2.10. The van der Waals surface area contributed by atoms with Gasteiger partial charge in [0.15, 0.2) is 0 Å². The highest BCUT2D eigenvalue weighted by molar-refractivity contribution is 6.33. The molecule has 0 heterocycles. The van der Waals surface area contributed by atoms with E-state index < -0.39 is 11.8 Å². The average molecular weight is 288 g/mol. The van der Waals surface area contributed by atoms with E-state index in [-0.39, 0.29) is 22.9 Å². The summed E-state index contributed by atoms with van der Waals surface area (Å²) in [7, 11) is 0. The molecule has 4 nitrogen and oxygen atoms in total. The van der Waals surface area contributed by atoms with Crippen LogP contribution in [-0.2, 0) is 4.79 Å². The summed E-state index contributed by atoms with van der Waals surface area (Å²) < 4.78 is 12.8. The minimum absolute atomic E-state index is 0.0726. The van der Waals surface area contributed by atoms with Crippen LogP contribution in [0.5, 0.6) is 0 Å². The first-order valence-electron chi connectivity index (χ1n) is 5.95. The van der Waals surface area contributed by atoms with Crippen LogP contribution < -0.4 is 5.32 Å². The molecule has 0 unspecified atom stereocenters. The Labute approximate surface area is 115 Å².